The van der Waals surface area contributed by atoms with E-state index < -0.39 is 0 Å². The summed E-state index contributed by atoms with van der Waals surface area (Å²) in [6.45, 7) is 1.23. The molecule has 3 aromatic rings. The zero-order valence-corrected chi connectivity index (χ0v) is 14.6. The zero-order valence-electron chi connectivity index (χ0n) is 14.6. The summed E-state index contributed by atoms with van der Waals surface area (Å²) in [5.74, 6) is -0.156. The topological polar surface area (TPSA) is 66.9 Å². The number of aromatic nitrogens is 2. The fourth-order valence-corrected chi connectivity index (χ4v) is 2.61. The van der Waals surface area contributed by atoms with E-state index in [0.29, 0.717) is 12.1 Å². The van der Waals surface area contributed by atoms with E-state index in [1.165, 1.54) is 5.56 Å². The van der Waals surface area contributed by atoms with Gasteiger partial charge in [0.25, 0.3) is 5.91 Å². The lowest BCUT2D eigenvalue weighted by Gasteiger charge is -2.09. The van der Waals surface area contributed by atoms with Crippen molar-refractivity contribution in [1.29, 1.82) is 0 Å². The van der Waals surface area contributed by atoms with Gasteiger partial charge in [0.15, 0.2) is 0 Å². The van der Waals surface area contributed by atoms with E-state index in [1.807, 2.05) is 30.3 Å². The summed E-state index contributed by atoms with van der Waals surface area (Å²) in [7, 11) is 0. The summed E-state index contributed by atoms with van der Waals surface area (Å²) in [6.07, 6.45) is 7.05. The highest BCUT2D eigenvalue weighted by atomic mass is 16.1. The smallest absolute Gasteiger partial charge is 0.253 e. The molecule has 0 fully saturated rings. The molecule has 0 aliphatic heterocycles. The van der Waals surface area contributed by atoms with Crippen molar-refractivity contribution < 1.29 is 4.79 Å². The molecule has 3 rings (SSSR count). The van der Waals surface area contributed by atoms with Crippen molar-refractivity contribution in [2.24, 2.45) is 0 Å². The van der Waals surface area contributed by atoms with Crippen molar-refractivity contribution >= 4 is 11.6 Å². The standard InChI is InChI=1S/C21H22N4O/c26-21(25-16-19-10-4-5-11-23-19)18-13-20(15-22-14-18)24-12-6-9-17-7-2-1-3-8-17/h1-5,7-8,10-11,13-15,24H,6,9,12,16H2,(H,25,26). The second-order valence-electron chi connectivity index (χ2n) is 5.98. The minimum atomic E-state index is -0.156. The number of amides is 1. The first kappa shape index (κ1) is 17.6. The molecule has 0 spiro atoms. The molecule has 2 N–H and O–H groups in total. The van der Waals surface area contributed by atoms with E-state index in [9.17, 15) is 4.79 Å². The number of nitrogens with one attached hydrogen (secondary N) is 2. The molecule has 2 heterocycles. The molecule has 1 aromatic carbocycles. The Morgan fingerprint density at radius 2 is 1.85 bits per heavy atom. The van der Waals surface area contributed by atoms with Crippen LogP contribution in [-0.4, -0.2) is 22.4 Å². The number of hydrogen-bond acceptors (Lipinski definition) is 4. The number of pyridine rings is 2. The van der Waals surface area contributed by atoms with Crippen LogP contribution in [0.1, 0.15) is 28.0 Å². The van der Waals surface area contributed by atoms with Crippen LogP contribution in [0, 0.1) is 0 Å². The van der Waals surface area contributed by atoms with Crippen LogP contribution in [0.2, 0.25) is 0 Å². The SMILES string of the molecule is O=C(NCc1ccccn1)c1cncc(NCCCc2ccccc2)c1. The minimum Gasteiger partial charge on any atom is -0.384 e. The van der Waals surface area contributed by atoms with E-state index in [1.54, 1.807) is 18.6 Å². The lowest BCUT2D eigenvalue weighted by Crippen LogP contribution is -2.23. The fraction of sp³-hybridized carbons (Fsp3) is 0.190. The third-order valence-electron chi connectivity index (χ3n) is 3.97. The van der Waals surface area contributed by atoms with Crippen molar-refractivity contribution in [3.8, 4) is 0 Å². The quantitative estimate of drug-likeness (QED) is 0.613. The maximum atomic E-state index is 12.3. The summed E-state index contributed by atoms with van der Waals surface area (Å²) in [5.41, 5.74) is 3.54. The van der Waals surface area contributed by atoms with Gasteiger partial charge in [0.2, 0.25) is 0 Å². The number of aryl methyl sites for hydroxylation is 1. The molecule has 0 bridgehead atoms. The summed E-state index contributed by atoms with van der Waals surface area (Å²) >= 11 is 0. The van der Waals surface area contributed by atoms with Crippen molar-refractivity contribution in [1.82, 2.24) is 15.3 Å². The molecule has 0 unspecified atom stereocenters. The summed E-state index contributed by atoms with van der Waals surface area (Å²) in [6, 6.07) is 17.9. The molecule has 5 heteroatoms. The van der Waals surface area contributed by atoms with Crippen LogP contribution in [0.25, 0.3) is 0 Å². The molecule has 1 amide bonds. The second kappa shape index (κ2) is 9.32. The monoisotopic (exact) mass is 346 g/mol. The van der Waals surface area contributed by atoms with Crippen LogP contribution in [-0.2, 0) is 13.0 Å². The molecule has 132 valence electrons. The Bertz CT molecular complexity index is 822. The van der Waals surface area contributed by atoms with Gasteiger partial charge in [-0.25, -0.2) is 0 Å². The number of rotatable bonds is 8. The molecule has 0 atom stereocenters. The zero-order chi connectivity index (χ0) is 18.0. The molecule has 0 radical (unpaired) electrons. The number of carbonyl (C=O) groups is 1. The van der Waals surface area contributed by atoms with Crippen molar-refractivity contribution in [2.45, 2.75) is 19.4 Å². The third-order valence-corrected chi connectivity index (χ3v) is 3.97. The number of hydrogen-bond donors (Lipinski definition) is 2. The van der Waals surface area contributed by atoms with E-state index in [2.05, 4.69) is 44.9 Å². The highest BCUT2D eigenvalue weighted by Gasteiger charge is 2.07. The van der Waals surface area contributed by atoms with Gasteiger partial charge >= 0.3 is 0 Å². The molecule has 0 saturated heterocycles. The molecule has 0 aliphatic carbocycles. The van der Waals surface area contributed by atoms with Crippen molar-refractivity contribution in [3.05, 3.63) is 90.0 Å². The van der Waals surface area contributed by atoms with Crippen molar-refractivity contribution in [3.63, 3.8) is 0 Å². The Kier molecular flexibility index (Phi) is 6.31. The van der Waals surface area contributed by atoms with Gasteiger partial charge in [-0.3, -0.25) is 14.8 Å². The van der Waals surface area contributed by atoms with E-state index in [-0.39, 0.29) is 5.91 Å². The van der Waals surface area contributed by atoms with E-state index in [0.717, 1.165) is 30.8 Å². The predicted molar refractivity (Wildman–Crippen MR) is 103 cm³/mol. The van der Waals surface area contributed by atoms with Crippen LogP contribution < -0.4 is 10.6 Å². The fourth-order valence-electron chi connectivity index (χ4n) is 2.61. The van der Waals surface area contributed by atoms with E-state index >= 15 is 0 Å². The molecule has 0 aliphatic rings. The highest BCUT2D eigenvalue weighted by Crippen LogP contribution is 2.10. The number of benzene rings is 1. The second-order valence-corrected chi connectivity index (χ2v) is 5.98. The normalized spacial score (nSPS) is 10.3. The average Bonchev–Trinajstić information content (AvgIpc) is 2.71. The van der Waals surface area contributed by atoms with Crippen LogP contribution in [0.15, 0.2) is 73.2 Å². The Labute approximate surface area is 153 Å². The average molecular weight is 346 g/mol. The third kappa shape index (κ3) is 5.41. The molecule has 0 saturated carbocycles. The van der Waals surface area contributed by atoms with Gasteiger partial charge in [0.1, 0.15) is 0 Å². The van der Waals surface area contributed by atoms with Gasteiger partial charge in [-0.05, 0) is 36.6 Å². The summed E-state index contributed by atoms with van der Waals surface area (Å²) < 4.78 is 0. The maximum Gasteiger partial charge on any atom is 0.253 e. The summed E-state index contributed by atoms with van der Waals surface area (Å²) in [5, 5.41) is 6.19. The molecular weight excluding hydrogens is 324 g/mol. The summed E-state index contributed by atoms with van der Waals surface area (Å²) in [4.78, 5) is 20.6. The van der Waals surface area contributed by atoms with Gasteiger partial charge in [0.05, 0.1) is 23.5 Å². The van der Waals surface area contributed by atoms with Gasteiger partial charge in [-0.1, -0.05) is 36.4 Å². The molecule has 5 nitrogen and oxygen atoms in total. The van der Waals surface area contributed by atoms with Gasteiger partial charge in [-0.15, -0.1) is 0 Å². The van der Waals surface area contributed by atoms with Gasteiger partial charge in [0, 0.05) is 25.1 Å². The number of nitrogens with zero attached hydrogens (tertiary/aromatic N) is 2. The van der Waals surface area contributed by atoms with Gasteiger partial charge < -0.3 is 10.6 Å². The first-order chi connectivity index (χ1) is 12.8. The van der Waals surface area contributed by atoms with Gasteiger partial charge in [-0.2, -0.15) is 0 Å². The van der Waals surface area contributed by atoms with Crippen LogP contribution >= 0.6 is 0 Å². The van der Waals surface area contributed by atoms with Crippen LogP contribution in [0.5, 0.6) is 0 Å². The van der Waals surface area contributed by atoms with Crippen LogP contribution in [0.4, 0.5) is 5.69 Å². The highest BCUT2D eigenvalue weighted by molar-refractivity contribution is 5.94. The molecule has 26 heavy (non-hydrogen) atoms. The van der Waals surface area contributed by atoms with Crippen molar-refractivity contribution in [2.75, 3.05) is 11.9 Å². The largest absolute Gasteiger partial charge is 0.384 e. The molecular formula is C21H22N4O. The number of carbonyl (C=O) groups excluding carboxylic acids is 1. The predicted octanol–water partition coefficient (Wildman–Crippen LogP) is 3.45. The minimum absolute atomic E-state index is 0.156. The Morgan fingerprint density at radius 1 is 1.00 bits per heavy atom. The lowest BCUT2D eigenvalue weighted by molar-refractivity contribution is 0.0950. The number of anilines is 1. The first-order valence-electron chi connectivity index (χ1n) is 8.72. The Balaban J connectivity index is 1.47. The van der Waals surface area contributed by atoms with E-state index in [4.69, 9.17) is 0 Å². The lowest BCUT2D eigenvalue weighted by atomic mass is 10.1. The maximum absolute atomic E-state index is 12.3. The van der Waals surface area contributed by atoms with Crippen LogP contribution in [0.3, 0.4) is 0 Å². The Morgan fingerprint density at radius 3 is 2.65 bits per heavy atom. The first-order valence-corrected chi connectivity index (χ1v) is 8.72. The molecule has 2 aromatic heterocycles. The Hall–Kier alpha value is -3.21.